The van der Waals surface area contributed by atoms with E-state index in [2.05, 4.69) is 64.9 Å². The summed E-state index contributed by atoms with van der Waals surface area (Å²) in [5, 5.41) is 9.59. The molecule has 2 aromatic carbocycles. The maximum absolute atomic E-state index is 5.19. The first kappa shape index (κ1) is 19.6. The molecular weight excluding hydrogens is 336 g/mol. The van der Waals surface area contributed by atoms with Gasteiger partial charge in [-0.15, -0.1) is 0 Å². The predicted octanol–water partition coefficient (Wildman–Crippen LogP) is 3.01. The van der Waals surface area contributed by atoms with E-state index in [4.69, 9.17) is 9.73 Å². The van der Waals surface area contributed by atoms with Crippen LogP contribution in [0.4, 0.5) is 0 Å². The molecule has 0 radical (unpaired) electrons. The van der Waals surface area contributed by atoms with Crippen LogP contribution in [-0.4, -0.2) is 56.8 Å². The van der Waals surface area contributed by atoms with Gasteiger partial charge in [0.1, 0.15) is 0 Å². The van der Waals surface area contributed by atoms with Crippen LogP contribution in [0.15, 0.2) is 47.5 Å². The molecule has 0 aromatic heterocycles. The molecule has 1 fully saturated rings. The van der Waals surface area contributed by atoms with Crippen LogP contribution in [0, 0.1) is 0 Å². The summed E-state index contributed by atoms with van der Waals surface area (Å²) in [5.41, 5.74) is 1.26. The Bertz CT molecular complexity index is 733. The highest BCUT2D eigenvalue weighted by molar-refractivity contribution is 5.86. The van der Waals surface area contributed by atoms with Gasteiger partial charge in [0.15, 0.2) is 5.96 Å². The van der Waals surface area contributed by atoms with Crippen LogP contribution >= 0.6 is 0 Å². The first-order chi connectivity index (χ1) is 13.3. The van der Waals surface area contributed by atoms with Crippen LogP contribution in [0.3, 0.4) is 0 Å². The minimum absolute atomic E-state index is 0.481. The third-order valence-electron chi connectivity index (χ3n) is 5.17. The van der Waals surface area contributed by atoms with Crippen molar-refractivity contribution < 1.29 is 4.74 Å². The Labute approximate surface area is 162 Å². The molecule has 1 aliphatic rings. The van der Waals surface area contributed by atoms with Crippen molar-refractivity contribution in [2.75, 3.05) is 39.9 Å². The molecule has 5 nitrogen and oxygen atoms in total. The molecule has 0 unspecified atom stereocenters. The lowest BCUT2D eigenvalue weighted by molar-refractivity contribution is 0.128. The Kier molecular flexibility index (Phi) is 7.48. The summed E-state index contributed by atoms with van der Waals surface area (Å²) >= 11 is 0. The van der Waals surface area contributed by atoms with Gasteiger partial charge in [0.05, 0.1) is 13.2 Å². The second kappa shape index (κ2) is 10.3. The van der Waals surface area contributed by atoms with E-state index in [-0.39, 0.29) is 0 Å². The molecule has 0 atom stereocenters. The Hall–Kier alpha value is -2.11. The average Bonchev–Trinajstić information content (AvgIpc) is 2.71. The smallest absolute Gasteiger partial charge is 0.191 e. The SMILES string of the molecule is CCNC(=NCc1cccc2ccccc12)NC1CCN(CCOC)CC1. The summed E-state index contributed by atoms with van der Waals surface area (Å²) in [6.45, 7) is 7.74. The Morgan fingerprint density at radius 1 is 1.15 bits per heavy atom. The number of nitrogens with one attached hydrogen (secondary N) is 2. The van der Waals surface area contributed by atoms with Crippen LogP contribution in [-0.2, 0) is 11.3 Å². The van der Waals surface area contributed by atoms with Gasteiger partial charge in [0, 0.05) is 39.3 Å². The highest BCUT2D eigenvalue weighted by Crippen LogP contribution is 2.19. The second-order valence-electron chi connectivity index (χ2n) is 7.09. The van der Waals surface area contributed by atoms with Crippen LogP contribution in [0.2, 0.25) is 0 Å². The summed E-state index contributed by atoms with van der Waals surface area (Å²) in [5.74, 6) is 0.917. The lowest BCUT2D eigenvalue weighted by Crippen LogP contribution is -2.49. The fraction of sp³-hybridized carbons (Fsp3) is 0.500. The first-order valence-corrected chi connectivity index (χ1v) is 10.0. The average molecular weight is 369 g/mol. The summed E-state index contributed by atoms with van der Waals surface area (Å²) < 4.78 is 5.19. The number of hydrogen-bond donors (Lipinski definition) is 2. The van der Waals surface area contributed by atoms with Crippen LogP contribution in [0.25, 0.3) is 10.8 Å². The van der Waals surface area contributed by atoms with E-state index in [1.54, 1.807) is 7.11 Å². The molecule has 0 saturated carbocycles. The summed E-state index contributed by atoms with van der Waals surface area (Å²) in [6.07, 6.45) is 2.28. The topological polar surface area (TPSA) is 48.9 Å². The van der Waals surface area contributed by atoms with Crippen LogP contribution in [0.1, 0.15) is 25.3 Å². The van der Waals surface area contributed by atoms with Crippen molar-refractivity contribution in [1.29, 1.82) is 0 Å². The minimum Gasteiger partial charge on any atom is -0.383 e. The zero-order valence-corrected chi connectivity index (χ0v) is 16.6. The molecule has 0 aliphatic carbocycles. The van der Waals surface area contributed by atoms with E-state index in [1.165, 1.54) is 16.3 Å². The monoisotopic (exact) mass is 368 g/mol. The molecule has 0 spiro atoms. The van der Waals surface area contributed by atoms with Gasteiger partial charge in [-0.3, -0.25) is 0 Å². The molecule has 2 N–H and O–H groups in total. The zero-order chi connectivity index (χ0) is 18.9. The van der Waals surface area contributed by atoms with E-state index < -0.39 is 0 Å². The van der Waals surface area contributed by atoms with E-state index in [9.17, 15) is 0 Å². The molecule has 5 heteroatoms. The van der Waals surface area contributed by atoms with Gasteiger partial charge in [-0.25, -0.2) is 4.99 Å². The van der Waals surface area contributed by atoms with Gasteiger partial charge in [-0.1, -0.05) is 42.5 Å². The maximum Gasteiger partial charge on any atom is 0.191 e. The quantitative estimate of drug-likeness (QED) is 0.583. The van der Waals surface area contributed by atoms with Crippen molar-refractivity contribution in [3.8, 4) is 0 Å². The number of guanidine groups is 1. The Morgan fingerprint density at radius 2 is 1.93 bits per heavy atom. The third kappa shape index (κ3) is 5.68. The van der Waals surface area contributed by atoms with Crippen molar-refractivity contribution in [3.05, 3.63) is 48.0 Å². The molecule has 1 saturated heterocycles. The van der Waals surface area contributed by atoms with Gasteiger partial charge in [-0.05, 0) is 36.1 Å². The lowest BCUT2D eigenvalue weighted by atomic mass is 10.0. The minimum atomic E-state index is 0.481. The molecule has 3 rings (SSSR count). The van der Waals surface area contributed by atoms with Gasteiger partial charge < -0.3 is 20.3 Å². The van der Waals surface area contributed by atoms with E-state index in [0.29, 0.717) is 12.6 Å². The number of aliphatic imine (C=N–C) groups is 1. The number of hydrogen-bond acceptors (Lipinski definition) is 3. The number of ether oxygens (including phenoxy) is 1. The lowest BCUT2D eigenvalue weighted by Gasteiger charge is -2.32. The predicted molar refractivity (Wildman–Crippen MR) is 113 cm³/mol. The fourth-order valence-corrected chi connectivity index (χ4v) is 3.63. The number of piperidine rings is 1. The van der Waals surface area contributed by atoms with Crippen molar-refractivity contribution in [2.24, 2.45) is 4.99 Å². The highest BCUT2D eigenvalue weighted by Gasteiger charge is 2.19. The van der Waals surface area contributed by atoms with Gasteiger partial charge in [-0.2, -0.15) is 0 Å². The molecular formula is C22H32N4O. The fourth-order valence-electron chi connectivity index (χ4n) is 3.63. The number of benzene rings is 2. The van der Waals surface area contributed by atoms with Crippen LogP contribution < -0.4 is 10.6 Å². The molecule has 0 amide bonds. The number of methoxy groups -OCH3 is 1. The number of likely N-dealkylation sites (tertiary alicyclic amines) is 1. The summed E-state index contributed by atoms with van der Waals surface area (Å²) in [7, 11) is 1.77. The largest absolute Gasteiger partial charge is 0.383 e. The van der Waals surface area contributed by atoms with Crippen LogP contribution in [0.5, 0.6) is 0 Å². The molecule has 1 heterocycles. The Morgan fingerprint density at radius 3 is 2.70 bits per heavy atom. The zero-order valence-electron chi connectivity index (χ0n) is 16.6. The normalized spacial score (nSPS) is 16.6. The molecule has 0 bridgehead atoms. The van der Waals surface area contributed by atoms with Gasteiger partial charge >= 0.3 is 0 Å². The summed E-state index contributed by atoms with van der Waals surface area (Å²) in [4.78, 5) is 7.33. The maximum atomic E-state index is 5.19. The molecule has 2 aromatic rings. The summed E-state index contributed by atoms with van der Waals surface area (Å²) in [6, 6.07) is 15.4. The molecule has 27 heavy (non-hydrogen) atoms. The number of rotatable bonds is 7. The first-order valence-electron chi connectivity index (χ1n) is 10.0. The van der Waals surface area contributed by atoms with Gasteiger partial charge in [0.2, 0.25) is 0 Å². The third-order valence-corrected chi connectivity index (χ3v) is 5.17. The van der Waals surface area contributed by atoms with Crippen molar-refractivity contribution in [3.63, 3.8) is 0 Å². The van der Waals surface area contributed by atoms with E-state index >= 15 is 0 Å². The highest BCUT2D eigenvalue weighted by atomic mass is 16.5. The second-order valence-corrected chi connectivity index (χ2v) is 7.09. The van der Waals surface area contributed by atoms with E-state index in [0.717, 1.165) is 51.6 Å². The van der Waals surface area contributed by atoms with Crippen molar-refractivity contribution in [2.45, 2.75) is 32.4 Å². The van der Waals surface area contributed by atoms with Crippen molar-refractivity contribution >= 4 is 16.7 Å². The molecule has 146 valence electrons. The standard InChI is InChI=1S/C22H32N4O/c1-3-23-22(25-20-11-13-26(14-12-20)15-16-27-2)24-17-19-9-6-8-18-7-4-5-10-21(18)19/h4-10,20H,3,11-17H2,1-2H3,(H2,23,24,25). The Balaban J connectivity index is 1.60. The molecule has 1 aliphatic heterocycles. The van der Waals surface area contributed by atoms with E-state index in [1.807, 2.05) is 0 Å². The number of nitrogens with zero attached hydrogens (tertiary/aromatic N) is 2. The number of fused-ring (bicyclic) bond motifs is 1. The van der Waals surface area contributed by atoms with Gasteiger partial charge in [0.25, 0.3) is 0 Å². The van der Waals surface area contributed by atoms with Crippen molar-refractivity contribution in [1.82, 2.24) is 15.5 Å².